The Labute approximate surface area is 93.2 Å². The second-order valence-corrected chi connectivity index (χ2v) is 6.99. The number of aliphatic hydroxyl groups excluding tert-OH is 1. The van der Waals surface area contributed by atoms with Crippen LogP contribution in [0.25, 0.3) is 0 Å². The van der Waals surface area contributed by atoms with Crippen molar-refractivity contribution in [2.75, 3.05) is 7.11 Å². The lowest BCUT2D eigenvalue weighted by molar-refractivity contribution is -0.104. The SMILES string of the molecule is CC12CC3CC(C)(C1)CC(N)(C3)C2.CO. The number of hydrogen-bond donors (Lipinski definition) is 2. The molecular formula is C13H25NO. The predicted octanol–water partition coefficient (Wildman–Crippen LogP) is 2.30. The summed E-state index contributed by atoms with van der Waals surface area (Å²) in [5.74, 6) is 0.955. The molecule has 0 radical (unpaired) electrons. The van der Waals surface area contributed by atoms with Crippen LogP contribution in [-0.2, 0) is 0 Å². The summed E-state index contributed by atoms with van der Waals surface area (Å²) in [6, 6.07) is 0. The van der Waals surface area contributed by atoms with Crippen molar-refractivity contribution in [2.24, 2.45) is 22.5 Å². The van der Waals surface area contributed by atoms with Gasteiger partial charge in [-0.2, -0.15) is 0 Å². The van der Waals surface area contributed by atoms with Crippen LogP contribution in [0.15, 0.2) is 0 Å². The molecule has 4 rings (SSSR count). The topological polar surface area (TPSA) is 46.2 Å². The zero-order chi connectivity index (χ0) is 11.3. The van der Waals surface area contributed by atoms with Crippen LogP contribution in [0.4, 0.5) is 0 Å². The van der Waals surface area contributed by atoms with Crippen molar-refractivity contribution in [3.8, 4) is 0 Å². The Balaban J connectivity index is 0.000000404. The lowest BCUT2D eigenvalue weighted by Gasteiger charge is -2.64. The molecule has 0 aromatic rings. The Morgan fingerprint density at radius 1 is 0.933 bits per heavy atom. The van der Waals surface area contributed by atoms with Gasteiger partial charge in [0.05, 0.1) is 0 Å². The van der Waals surface area contributed by atoms with Crippen LogP contribution in [-0.4, -0.2) is 17.8 Å². The van der Waals surface area contributed by atoms with E-state index in [0.717, 1.165) is 13.0 Å². The minimum Gasteiger partial charge on any atom is -0.400 e. The number of aliphatic hydroxyl groups is 1. The zero-order valence-electron chi connectivity index (χ0n) is 10.3. The maximum atomic E-state index is 7.00. The van der Waals surface area contributed by atoms with Crippen LogP contribution >= 0.6 is 0 Å². The average Bonchev–Trinajstić information content (AvgIpc) is 1.97. The fourth-order valence-electron chi connectivity index (χ4n) is 5.54. The first-order valence-corrected chi connectivity index (χ1v) is 6.14. The van der Waals surface area contributed by atoms with Crippen LogP contribution in [0, 0.1) is 16.7 Å². The van der Waals surface area contributed by atoms with Crippen molar-refractivity contribution in [3.63, 3.8) is 0 Å². The van der Waals surface area contributed by atoms with E-state index in [4.69, 9.17) is 10.8 Å². The van der Waals surface area contributed by atoms with Crippen molar-refractivity contribution >= 4 is 0 Å². The van der Waals surface area contributed by atoms with Gasteiger partial charge in [-0.1, -0.05) is 13.8 Å². The zero-order valence-corrected chi connectivity index (χ0v) is 10.3. The van der Waals surface area contributed by atoms with Crippen LogP contribution in [0.1, 0.15) is 52.4 Å². The summed E-state index contributed by atoms with van der Waals surface area (Å²) < 4.78 is 0. The van der Waals surface area contributed by atoms with E-state index in [2.05, 4.69) is 13.8 Å². The monoisotopic (exact) mass is 211 g/mol. The largest absolute Gasteiger partial charge is 0.400 e. The Morgan fingerprint density at radius 2 is 1.40 bits per heavy atom. The van der Waals surface area contributed by atoms with Gasteiger partial charge in [-0.15, -0.1) is 0 Å². The summed E-state index contributed by atoms with van der Waals surface area (Å²) in [6.45, 7) is 4.94. The molecule has 15 heavy (non-hydrogen) atoms. The van der Waals surface area contributed by atoms with Gasteiger partial charge in [-0.3, -0.25) is 0 Å². The minimum absolute atomic E-state index is 0.225. The van der Waals surface area contributed by atoms with Gasteiger partial charge in [0, 0.05) is 12.6 Å². The third-order valence-electron chi connectivity index (χ3n) is 4.67. The highest BCUT2D eigenvalue weighted by Gasteiger charge is 2.58. The van der Waals surface area contributed by atoms with Crippen molar-refractivity contribution in [2.45, 2.75) is 57.9 Å². The van der Waals surface area contributed by atoms with Gasteiger partial charge >= 0.3 is 0 Å². The molecule has 4 aliphatic rings. The van der Waals surface area contributed by atoms with Gasteiger partial charge in [0.2, 0.25) is 0 Å². The van der Waals surface area contributed by atoms with Crippen molar-refractivity contribution in [3.05, 3.63) is 0 Å². The molecule has 2 atom stereocenters. The summed E-state index contributed by atoms with van der Waals surface area (Å²) in [4.78, 5) is 0. The van der Waals surface area contributed by atoms with E-state index in [-0.39, 0.29) is 5.54 Å². The molecule has 4 fully saturated rings. The molecule has 0 aliphatic heterocycles. The highest BCUT2D eigenvalue weighted by Crippen LogP contribution is 2.65. The molecule has 0 saturated heterocycles. The molecule has 3 N–H and O–H groups in total. The van der Waals surface area contributed by atoms with Crippen LogP contribution in [0.3, 0.4) is 0 Å². The smallest absolute Gasteiger partial charge is 0.0319 e. The van der Waals surface area contributed by atoms with Gasteiger partial charge in [0.15, 0.2) is 0 Å². The van der Waals surface area contributed by atoms with Crippen LogP contribution in [0.5, 0.6) is 0 Å². The summed E-state index contributed by atoms with van der Waals surface area (Å²) in [5.41, 5.74) is 7.92. The Hall–Kier alpha value is -0.0800. The maximum absolute atomic E-state index is 7.00. The first-order valence-electron chi connectivity index (χ1n) is 6.14. The number of nitrogens with two attached hydrogens (primary N) is 1. The third-order valence-corrected chi connectivity index (χ3v) is 4.67. The second-order valence-electron chi connectivity index (χ2n) is 6.99. The van der Waals surface area contributed by atoms with Crippen LogP contribution < -0.4 is 5.73 Å². The van der Waals surface area contributed by atoms with E-state index in [1.165, 1.54) is 38.5 Å². The summed E-state index contributed by atoms with van der Waals surface area (Å²) in [7, 11) is 1.00. The Kier molecular flexibility index (Phi) is 2.44. The minimum atomic E-state index is 0.225. The second kappa shape index (κ2) is 3.21. The predicted molar refractivity (Wildman–Crippen MR) is 62.5 cm³/mol. The van der Waals surface area contributed by atoms with Gasteiger partial charge in [0.25, 0.3) is 0 Å². The van der Waals surface area contributed by atoms with Gasteiger partial charge in [0.1, 0.15) is 0 Å². The van der Waals surface area contributed by atoms with Crippen LogP contribution in [0.2, 0.25) is 0 Å². The molecule has 2 nitrogen and oxygen atoms in total. The maximum Gasteiger partial charge on any atom is 0.0319 e. The molecule has 2 heteroatoms. The quantitative estimate of drug-likeness (QED) is 0.646. The lowest BCUT2D eigenvalue weighted by atomic mass is 9.43. The standard InChI is InChI=1S/C12H21N.CH4O/c1-10-3-9-4-11(2,6-10)8-12(13,5-9)7-10;1-2/h9H,3-8,13H2,1-2H3;2H,1H3. The fourth-order valence-corrected chi connectivity index (χ4v) is 5.54. The van der Waals surface area contributed by atoms with Crippen molar-refractivity contribution in [1.82, 2.24) is 0 Å². The highest BCUT2D eigenvalue weighted by molar-refractivity contribution is 5.12. The average molecular weight is 211 g/mol. The van der Waals surface area contributed by atoms with Gasteiger partial charge in [-0.25, -0.2) is 0 Å². The van der Waals surface area contributed by atoms with E-state index >= 15 is 0 Å². The molecule has 0 aromatic heterocycles. The van der Waals surface area contributed by atoms with E-state index in [1.807, 2.05) is 0 Å². The first-order chi connectivity index (χ1) is 6.91. The van der Waals surface area contributed by atoms with E-state index in [0.29, 0.717) is 10.8 Å². The molecule has 0 heterocycles. The van der Waals surface area contributed by atoms with Crippen molar-refractivity contribution in [1.29, 1.82) is 0 Å². The fraction of sp³-hybridized carbons (Fsp3) is 1.00. The van der Waals surface area contributed by atoms with Crippen molar-refractivity contribution < 1.29 is 5.11 Å². The van der Waals surface area contributed by atoms with E-state index < -0.39 is 0 Å². The molecule has 0 aromatic carbocycles. The highest BCUT2D eigenvalue weighted by atomic mass is 16.2. The molecule has 4 aliphatic carbocycles. The molecule has 0 amide bonds. The van der Waals surface area contributed by atoms with Gasteiger partial charge in [-0.05, 0) is 55.3 Å². The first kappa shape index (κ1) is 11.4. The normalized spacial score (nSPS) is 56.2. The molecular weight excluding hydrogens is 186 g/mol. The Bertz CT molecular complexity index is 212. The van der Waals surface area contributed by atoms with E-state index in [9.17, 15) is 0 Å². The molecule has 0 spiro atoms. The summed E-state index contributed by atoms with van der Waals surface area (Å²) >= 11 is 0. The molecule has 2 unspecified atom stereocenters. The number of hydrogen-bond acceptors (Lipinski definition) is 2. The summed E-state index contributed by atoms with van der Waals surface area (Å²) in [6.07, 6.45) is 8.27. The Morgan fingerprint density at radius 3 is 1.73 bits per heavy atom. The summed E-state index contributed by atoms with van der Waals surface area (Å²) in [5, 5.41) is 7.00. The van der Waals surface area contributed by atoms with E-state index in [1.54, 1.807) is 0 Å². The molecule has 88 valence electrons. The number of rotatable bonds is 0. The lowest BCUT2D eigenvalue weighted by Crippen LogP contribution is -2.62. The molecule has 4 saturated carbocycles. The molecule has 4 bridgehead atoms. The third kappa shape index (κ3) is 1.83. The van der Waals surface area contributed by atoms with Gasteiger partial charge < -0.3 is 10.8 Å².